The average Bonchev–Trinajstić information content (AvgIpc) is 3.50. The maximum Gasteiger partial charge on any atom is 0.313 e. The Hall–Kier alpha value is -4.80. The standard InChI is InChI=1S/C39H41N3O7/c1-25-34(27-13-4-3-5-14-27)48-38(47)32-30(16-8-9-17-31(44)40(25)2)49-39-20-10-21-41(29-19-18-26-12-6-7-15-28(26)24-29)37(46)35(39)42(22-11-23-43)36(45)33(32)39/h3-8,10,12-16,18-20,24-25,30,32-35,43H,9,11,17,21-23H2,1-2H3/b16-8-/t25-,30-,32+,33+,34+,35-,39+/m1/s1. The average molecular weight is 664 g/mol. The smallest absolute Gasteiger partial charge is 0.313 e. The summed E-state index contributed by atoms with van der Waals surface area (Å²) in [6, 6.07) is 21.4. The van der Waals surface area contributed by atoms with Crippen LogP contribution in [0, 0.1) is 11.8 Å². The van der Waals surface area contributed by atoms with Gasteiger partial charge in [0, 0.05) is 38.9 Å². The fraction of sp³-hybridized carbons (Fsp3) is 0.385. The predicted molar refractivity (Wildman–Crippen MR) is 183 cm³/mol. The summed E-state index contributed by atoms with van der Waals surface area (Å²) in [7, 11) is 1.70. The number of nitrogens with zero attached hydrogens (tertiary/aromatic N) is 3. The van der Waals surface area contributed by atoms with E-state index in [0.717, 1.165) is 16.3 Å². The van der Waals surface area contributed by atoms with E-state index in [4.69, 9.17) is 9.47 Å². The largest absolute Gasteiger partial charge is 0.455 e. The number of aliphatic hydroxyl groups excluding tert-OH is 1. The fourth-order valence-corrected chi connectivity index (χ4v) is 7.95. The number of likely N-dealkylation sites (tertiary alicyclic amines) is 1. The predicted octanol–water partition coefficient (Wildman–Crippen LogP) is 4.19. The number of allylic oxidation sites excluding steroid dienone is 1. The van der Waals surface area contributed by atoms with E-state index in [2.05, 4.69) is 0 Å². The highest BCUT2D eigenvalue weighted by molar-refractivity contribution is 6.06. The molecule has 254 valence electrons. The Morgan fingerprint density at radius 2 is 1.67 bits per heavy atom. The molecule has 1 spiro atoms. The number of hydrogen-bond acceptors (Lipinski definition) is 7. The molecule has 0 aliphatic carbocycles. The molecule has 2 fully saturated rings. The van der Waals surface area contributed by atoms with Crippen LogP contribution in [0.1, 0.15) is 37.9 Å². The number of cyclic esters (lactones) is 1. The molecule has 7 atom stereocenters. The second-order valence-electron chi connectivity index (χ2n) is 13.3. The normalized spacial score (nSPS) is 31.0. The van der Waals surface area contributed by atoms with Gasteiger partial charge in [-0.25, -0.2) is 0 Å². The van der Waals surface area contributed by atoms with Gasteiger partial charge in [0.1, 0.15) is 23.7 Å². The highest BCUT2D eigenvalue weighted by Crippen LogP contribution is 2.53. The summed E-state index contributed by atoms with van der Waals surface area (Å²) in [5, 5.41) is 11.8. The number of benzene rings is 3. The molecule has 4 aliphatic rings. The van der Waals surface area contributed by atoms with Crippen molar-refractivity contribution >= 4 is 40.2 Å². The number of ether oxygens (including phenoxy) is 2. The van der Waals surface area contributed by atoms with E-state index in [1.165, 1.54) is 4.90 Å². The van der Waals surface area contributed by atoms with E-state index in [1.807, 2.05) is 91.9 Å². The van der Waals surface area contributed by atoms with Crippen LogP contribution in [0.5, 0.6) is 0 Å². The van der Waals surface area contributed by atoms with Gasteiger partial charge in [0.25, 0.3) is 5.91 Å². The van der Waals surface area contributed by atoms with Gasteiger partial charge in [-0.1, -0.05) is 85.0 Å². The molecule has 0 saturated carbocycles. The summed E-state index contributed by atoms with van der Waals surface area (Å²) >= 11 is 0. The monoisotopic (exact) mass is 663 g/mol. The Labute approximate surface area is 285 Å². The first kappa shape index (κ1) is 32.7. The van der Waals surface area contributed by atoms with E-state index in [-0.39, 0.29) is 44.4 Å². The molecular formula is C39H41N3O7. The van der Waals surface area contributed by atoms with Crippen molar-refractivity contribution in [2.24, 2.45) is 11.8 Å². The Bertz CT molecular complexity index is 1830. The summed E-state index contributed by atoms with van der Waals surface area (Å²) in [6.45, 7) is 2.03. The molecule has 49 heavy (non-hydrogen) atoms. The molecule has 0 bridgehead atoms. The molecule has 0 unspecified atom stereocenters. The number of rotatable bonds is 5. The molecule has 4 heterocycles. The zero-order valence-electron chi connectivity index (χ0n) is 27.7. The number of esters is 1. The SMILES string of the molecule is C[C@@H]1[C@@H](c2ccccc2)OC(=O)[C@@H]2[C@H]3C(=O)N(CCCO)[C@@H]4C(=O)N(c5ccc6ccccc6c5)CC=C[C@]34O[C@@H]2/C=C\CCC(=O)N1C. The minimum Gasteiger partial charge on any atom is -0.455 e. The molecule has 0 radical (unpaired) electrons. The van der Waals surface area contributed by atoms with Crippen molar-refractivity contribution in [3.63, 3.8) is 0 Å². The fourth-order valence-electron chi connectivity index (χ4n) is 7.95. The molecule has 3 amide bonds. The second kappa shape index (κ2) is 13.2. The quantitative estimate of drug-likeness (QED) is 0.322. The number of anilines is 1. The number of hydrogen-bond donors (Lipinski definition) is 1. The van der Waals surface area contributed by atoms with Gasteiger partial charge < -0.3 is 29.3 Å². The van der Waals surface area contributed by atoms with Crippen LogP contribution in [-0.2, 0) is 28.7 Å². The van der Waals surface area contributed by atoms with Crippen molar-refractivity contribution in [3.8, 4) is 0 Å². The first-order chi connectivity index (χ1) is 23.7. The van der Waals surface area contributed by atoms with Crippen LogP contribution >= 0.6 is 0 Å². The lowest BCUT2D eigenvalue weighted by atomic mass is 9.77. The van der Waals surface area contributed by atoms with Gasteiger partial charge in [0.05, 0.1) is 18.1 Å². The molecule has 0 aromatic heterocycles. The van der Waals surface area contributed by atoms with Crippen molar-refractivity contribution in [1.29, 1.82) is 0 Å². The molecule has 2 saturated heterocycles. The van der Waals surface area contributed by atoms with Gasteiger partial charge in [-0.15, -0.1) is 0 Å². The molecule has 7 rings (SSSR count). The highest BCUT2D eigenvalue weighted by Gasteiger charge is 2.71. The zero-order valence-corrected chi connectivity index (χ0v) is 27.7. The van der Waals surface area contributed by atoms with E-state index >= 15 is 0 Å². The van der Waals surface area contributed by atoms with Gasteiger partial charge in [0.2, 0.25) is 11.8 Å². The summed E-state index contributed by atoms with van der Waals surface area (Å²) < 4.78 is 13.1. The maximum absolute atomic E-state index is 14.8. The minimum absolute atomic E-state index is 0.0881. The zero-order chi connectivity index (χ0) is 34.3. The van der Waals surface area contributed by atoms with E-state index < -0.39 is 53.6 Å². The summed E-state index contributed by atoms with van der Waals surface area (Å²) in [6.07, 6.45) is 6.40. The first-order valence-corrected chi connectivity index (χ1v) is 17.0. The Balaban J connectivity index is 1.31. The second-order valence-corrected chi connectivity index (χ2v) is 13.3. The number of fused-ring (bicyclic) bond motifs is 3. The van der Waals surface area contributed by atoms with Crippen LogP contribution in [0.2, 0.25) is 0 Å². The van der Waals surface area contributed by atoms with Crippen LogP contribution < -0.4 is 4.90 Å². The first-order valence-electron chi connectivity index (χ1n) is 17.0. The summed E-state index contributed by atoms with van der Waals surface area (Å²) in [4.78, 5) is 61.8. The van der Waals surface area contributed by atoms with Crippen LogP contribution in [0.3, 0.4) is 0 Å². The molecule has 10 nitrogen and oxygen atoms in total. The van der Waals surface area contributed by atoms with Crippen LogP contribution in [0.4, 0.5) is 5.69 Å². The van der Waals surface area contributed by atoms with Gasteiger partial charge in [0.15, 0.2) is 0 Å². The third-order valence-electron chi connectivity index (χ3n) is 10.5. The van der Waals surface area contributed by atoms with Crippen molar-refractivity contribution in [2.75, 3.05) is 31.6 Å². The van der Waals surface area contributed by atoms with Gasteiger partial charge in [-0.3, -0.25) is 19.2 Å². The number of aliphatic hydroxyl groups is 1. The van der Waals surface area contributed by atoms with Crippen LogP contribution in [0.25, 0.3) is 10.8 Å². The maximum atomic E-state index is 14.8. The van der Waals surface area contributed by atoms with E-state index in [1.54, 1.807) is 29.0 Å². The summed E-state index contributed by atoms with van der Waals surface area (Å²) in [5.41, 5.74) is -0.0635. The molecular weight excluding hydrogens is 622 g/mol. The van der Waals surface area contributed by atoms with Crippen molar-refractivity contribution < 1.29 is 33.8 Å². The van der Waals surface area contributed by atoms with Gasteiger partial charge in [-0.2, -0.15) is 0 Å². The number of amides is 3. The highest BCUT2D eigenvalue weighted by atomic mass is 16.6. The molecule has 3 aromatic rings. The third-order valence-corrected chi connectivity index (χ3v) is 10.5. The van der Waals surface area contributed by atoms with Crippen molar-refractivity contribution in [3.05, 3.63) is 103 Å². The Kier molecular flexibility index (Phi) is 8.85. The van der Waals surface area contributed by atoms with E-state index in [9.17, 15) is 24.3 Å². The minimum atomic E-state index is -1.46. The Morgan fingerprint density at radius 1 is 0.918 bits per heavy atom. The van der Waals surface area contributed by atoms with Crippen LogP contribution in [-0.4, -0.2) is 89.1 Å². The Morgan fingerprint density at radius 3 is 2.45 bits per heavy atom. The molecule has 1 N–H and O–H groups in total. The topological polar surface area (TPSA) is 117 Å². The van der Waals surface area contributed by atoms with Gasteiger partial charge >= 0.3 is 5.97 Å². The van der Waals surface area contributed by atoms with E-state index in [0.29, 0.717) is 12.1 Å². The van der Waals surface area contributed by atoms with Crippen molar-refractivity contribution in [1.82, 2.24) is 9.80 Å². The number of likely N-dealkylation sites (N-methyl/N-ethyl adjacent to an activating group) is 1. The van der Waals surface area contributed by atoms with Crippen molar-refractivity contribution in [2.45, 2.75) is 56.1 Å². The number of carbonyl (C=O) groups excluding carboxylic acids is 4. The molecule has 10 heteroatoms. The third kappa shape index (κ3) is 5.62. The van der Waals surface area contributed by atoms with Crippen LogP contribution in [0.15, 0.2) is 97.1 Å². The molecule has 4 aliphatic heterocycles. The number of carbonyl (C=O) groups is 4. The van der Waals surface area contributed by atoms with Gasteiger partial charge in [-0.05, 0) is 48.2 Å². The lowest BCUT2D eigenvalue weighted by Crippen LogP contribution is -2.55. The lowest BCUT2D eigenvalue weighted by Gasteiger charge is -2.35. The molecule has 3 aromatic carbocycles. The summed E-state index contributed by atoms with van der Waals surface area (Å²) in [5.74, 6) is -3.55. The lowest BCUT2D eigenvalue weighted by molar-refractivity contribution is -0.164.